The fraction of sp³-hybridized carbons (Fsp3) is 0.375. The number of hydrogen-bond donors (Lipinski definition) is 0. The van der Waals surface area contributed by atoms with Crippen LogP contribution in [0, 0.1) is 0 Å². The number of nitrogens with zero attached hydrogens (tertiary/aromatic N) is 1. The average Bonchev–Trinajstić information content (AvgIpc) is 2.36. The van der Waals surface area contributed by atoms with Crippen LogP contribution in [-0.2, 0) is 6.42 Å². The molecule has 0 aromatic heterocycles. The molecule has 2 rings (SSSR count). The highest BCUT2D eigenvalue weighted by Crippen LogP contribution is 2.22. The standard InChI is InChI=1S/C16H21NO/c1-12-9-13(2)17(3)15(10-12)11-14-5-7-16(18-4)8-6-14/h5-10,15H,11H2,1-4H3/t15-/m1/s1. The van der Waals surface area contributed by atoms with Crippen molar-refractivity contribution in [1.82, 2.24) is 4.90 Å². The highest BCUT2D eigenvalue weighted by Gasteiger charge is 2.16. The minimum absolute atomic E-state index is 0.448. The predicted molar refractivity (Wildman–Crippen MR) is 75.8 cm³/mol. The Bertz CT molecular complexity index is 470. The van der Waals surface area contributed by atoms with Crippen LogP contribution in [0.2, 0.25) is 0 Å². The van der Waals surface area contributed by atoms with E-state index < -0.39 is 0 Å². The normalized spacial score (nSPS) is 19.3. The van der Waals surface area contributed by atoms with Crippen LogP contribution in [0.25, 0.3) is 0 Å². The Hall–Kier alpha value is -1.70. The second kappa shape index (κ2) is 5.30. The van der Waals surface area contributed by atoms with Gasteiger partial charge in [0.1, 0.15) is 5.75 Å². The van der Waals surface area contributed by atoms with E-state index in [4.69, 9.17) is 4.74 Å². The number of hydrogen-bond acceptors (Lipinski definition) is 2. The average molecular weight is 243 g/mol. The van der Waals surface area contributed by atoms with Crippen LogP contribution in [0.1, 0.15) is 19.4 Å². The van der Waals surface area contributed by atoms with Crippen molar-refractivity contribution in [2.45, 2.75) is 26.3 Å². The summed E-state index contributed by atoms with van der Waals surface area (Å²) in [5.74, 6) is 0.915. The quantitative estimate of drug-likeness (QED) is 0.806. The first-order valence-corrected chi connectivity index (χ1v) is 6.32. The molecule has 2 nitrogen and oxygen atoms in total. The van der Waals surface area contributed by atoms with E-state index in [1.807, 2.05) is 12.1 Å². The first-order valence-electron chi connectivity index (χ1n) is 6.32. The molecule has 0 N–H and O–H groups in total. The number of ether oxygens (including phenoxy) is 1. The van der Waals surface area contributed by atoms with Gasteiger partial charge in [-0.05, 0) is 44.0 Å². The van der Waals surface area contributed by atoms with Crippen LogP contribution < -0.4 is 4.74 Å². The van der Waals surface area contributed by atoms with Gasteiger partial charge in [0.15, 0.2) is 0 Å². The molecule has 1 aromatic rings. The van der Waals surface area contributed by atoms with Gasteiger partial charge in [-0.1, -0.05) is 23.8 Å². The molecule has 0 saturated carbocycles. The molecule has 1 aliphatic rings. The summed E-state index contributed by atoms with van der Waals surface area (Å²) in [6.07, 6.45) is 5.59. The molecule has 0 saturated heterocycles. The number of methoxy groups -OCH3 is 1. The van der Waals surface area contributed by atoms with Gasteiger partial charge in [-0.2, -0.15) is 0 Å². The Morgan fingerprint density at radius 2 is 1.83 bits per heavy atom. The van der Waals surface area contributed by atoms with Gasteiger partial charge in [-0.3, -0.25) is 0 Å². The third-order valence-corrected chi connectivity index (χ3v) is 3.55. The van der Waals surface area contributed by atoms with Gasteiger partial charge in [0, 0.05) is 12.7 Å². The molecule has 1 aliphatic heterocycles. The first kappa shape index (κ1) is 12.7. The van der Waals surface area contributed by atoms with E-state index in [9.17, 15) is 0 Å². The summed E-state index contributed by atoms with van der Waals surface area (Å²) in [6.45, 7) is 4.33. The Balaban J connectivity index is 2.11. The molecule has 1 aromatic carbocycles. The summed E-state index contributed by atoms with van der Waals surface area (Å²) in [5, 5.41) is 0. The summed E-state index contributed by atoms with van der Waals surface area (Å²) in [6, 6.07) is 8.78. The van der Waals surface area contributed by atoms with Crippen molar-refractivity contribution in [3.63, 3.8) is 0 Å². The fourth-order valence-electron chi connectivity index (χ4n) is 2.36. The molecular formula is C16H21NO. The van der Waals surface area contributed by atoms with Crippen LogP contribution >= 0.6 is 0 Å². The summed E-state index contributed by atoms with van der Waals surface area (Å²) in [4.78, 5) is 2.33. The molecule has 18 heavy (non-hydrogen) atoms. The van der Waals surface area contributed by atoms with Gasteiger partial charge in [0.05, 0.1) is 13.2 Å². The smallest absolute Gasteiger partial charge is 0.118 e. The molecule has 0 aliphatic carbocycles. The maximum atomic E-state index is 5.18. The SMILES string of the molecule is COc1ccc(C[C@H]2C=C(C)C=C(C)N2C)cc1. The van der Waals surface area contributed by atoms with E-state index in [1.54, 1.807) is 7.11 Å². The van der Waals surface area contributed by atoms with Gasteiger partial charge >= 0.3 is 0 Å². The van der Waals surface area contributed by atoms with Gasteiger partial charge in [-0.15, -0.1) is 0 Å². The van der Waals surface area contributed by atoms with E-state index in [0.29, 0.717) is 6.04 Å². The molecule has 0 amide bonds. The first-order chi connectivity index (χ1) is 8.60. The lowest BCUT2D eigenvalue weighted by molar-refractivity contribution is 0.344. The molecule has 0 unspecified atom stereocenters. The van der Waals surface area contributed by atoms with Crippen molar-refractivity contribution in [3.8, 4) is 5.75 Å². The summed E-state index contributed by atoms with van der Waals surface area (Å²) in [5.41, 5.74) is 4.02. The van der Waals surface area contributed by atoms with Gasteiger partial charge in [0.2, 0.25) is 0 Å². The number of benzene rings is 1. The Labute approximate surface area is 110 Å². The highest BCUT2D eigenvalue weighted by atomic mass is 16.5. The topological polar surface area (TPSA) is 12.5 Å². The molecular weight excluding hydrogens is 222 g/mol. The fourth-order valence-corrected chi connectivity index (χ4v) is 2.36. The Morgan fingerprint density at radius 1 is 1.17 bits per heavy atom. The lowest BCUT2D eigenvalue weighted by Crippen LogP contribution is -2.32. The van der Waals surface area contributed by atoms with E-state index in [1.165, 1.54) is 16.8 Å². The maximum absolute atomic E-state index is 5.18. The largest absolute Gasteiger partial charge is 0.497 e. The maximum Gasteiger partial charge on any atom is 0.118 e. The van der Waals surface area contributed by atoms with Gasteiger partial charge in [-0.25, -0.2) is 0 Å². The third kappa shape index (κ3) is 2.76. The highest BCUT2D eigenvalue weighted by molar-refractivity contribution is 5.31. The zero-order chi connectivity index (χ0) is 13.1. The third-order valence-electron chi connectivity index (χ3n) is 3.55. The zero-order valence-electron chi connectivity index (χ0n) is 11.6. The monoisotopic (exact) mass is 243 g/mol. The molecule has 2 heteroatoms. The molecule has 1 atom stereocenters. The van der Waals surface area contributed by atoms with Crippen LogP contribution in [0.3, 0.4) is 0 Å². The van der Waals surface area contributed by atoms with E-state index in [2.05, 4.69) is 50.1 Å². The van der Waals surface area contributed by atoms with Crippen molar-refractivity contribution in [1.29, 1.82) is 0 Å². The molecule has 96 valence electrons. The lowest BCUT2D eigenvalue weighted by Gasteiger charge is -2.32. The van der Waals surface area contributed by atoms with Crippen molar-refractivity contribution in [2.24, 2.45) is 0 Å². The predicted octanol–water partition coefficient (Wildman–Crippen LogP) is 3.40. The molecule has 0 fully saturated rings. The van der Waals surface area contributed by atoms with E-state index >= 15 is 0 Å². The zero-order valence-corrected chi connectivity index (χ0v) is 11.6. The molecule has 0 spiro atoms. The van der Waals surface area contributed by atoms with Gasteiger partial charge in [0.25, 0.3) is 0 Å². The van der Waals surface area contributed by atoms with E-state index in [-0.39, 0.29) is 0 Å². The van der Waals surface area contributed by atoms with Crippen LogP contribution in [0.4, 0.5) is 0 Å². The summed E-state index contributed by atoms with van der Waals surface area (Å²) >= 11 is 0. The summed E-state index contributed by atoms with van der Waals surface area (Å²) < 4.78 is 5.18. The van der Waals surface area contributed by atoms with Crippen molar-refractivity contribution in [2.75, 3.05) is 14.2 Å². The second-order valence-corrected chi connectivity index (χ2v) is 4.93. The van der Waals surface area contributed by atoms with Crippen LogP contribution in [0.5, 0.6) is 5.75 Å². The Morgan fingerprint density at radius 3 is 2.44 bits per heavy atom. The minimum Gasteiger partial charge on any atom is -0.497 e. The van der Waals surface area contributed by atoms with Crippen LogP contribution in [0.15, 0.2) is 47.7 Å². The molecule has 0 radical (unpaired) electrons. The van der Waals surface area contributed by atoms with Crippen LogP contribution in [-0.4, -0.2) is 25.1 Å². The van der Waals surface area contributed by atoms with Crippen molar-refractivity contribution < 1.29 is 4.74 Å². The Kier molecular flexibility index (Phi) is 3.75. The van der Waals surface area contributed by atoms with Crippen molar-refractivity contribution in [3.05, 3.63) is 53.3 Å². The molecule has 1 heterocycles. The van der Waals surface area contributed by atoms with Gasteiger partial charge < -0.3 is 9.64 Å². The summed E-state index contributed by atoms with van der Waals surface area (Å²) in [7, 11) is 3.85. The number of allylic oxidation sites excluding steroid dienone is 3. The number of rotatable bonds is 3. The van der Waals surface area contributed by atoms with Crippen molar-refractivity contribution >= 4 is 0 Å². The lowest BCUT2D eigenvalue weighted by atomic mass is 9.99. The molecule has 0 bridgehead atoms. The minimum atomic E-state index is 0.448. The second-order valence-electron chi connectivity index (χ2n) is 4.93. The number of likely N-dealkylation sites (N-methyl/N-ethyl adjacent to an activating group) is 1. The van der Waals surface area contributed by atoms with E-state index in [0.717, 1.165) is 12.2 Å².